The second-order valence-corrected chi connectivity index (χ2v) is 5.18. The van der Waals surface area contributed by atoms with Crippen LogP contribution in [0, 0.1) is 37.5 Å². The summed E-state index contributed by atoms with van der Waals surface area (Å²) in [6.45, 7) is 4.80. The fourth-order valence-corrected chi connectivity index (χ4v) is 1.79. The monoisotopic (exact) mass is 316 g/mol. The van der Waals surface area contributed by atoms with Crippen molar-refractivity contribution >= 4 is 0 Å². The predicted octanol–water partition coefficient (Wildman–Crippen LogP) is 4.32. The molecule has 0 aliphatic rings. The molecule has 0 unspecified atom stereocenters. The molecule has 0 aliphatic heterocycles. The third kappa shape index (κ3) is 6.77. The molecule has 120 valence electrons. The summed E-state index contributed by atoms with van der Waals surface area (Å²) in [7, 11) is 0. The average molecular weight is 316 g/mol. The molecule has 0 radical (unpaired) electrons. The fraction of sp³-hybridized carbons (Fsp3) is 0.182. The zero-order chi connectivity index (χ0) is 17.0. The summed E-state index contributed by atoms with van der Waals surface area (Å²) in [4.78, 5) is 0. The lowest BCUT2D eigenvalue weighted by Crippen LogP contribution is -1.93. The van der Waals surface area contributed by atoms with Crippen LogP contribution >= 0.6 is 0 Å². The van der Waals surface area contributed by atoms with Crippen LogP contribution in [0.25, 0.3) is 0 Å². The van der Waals surface area contributed by atoms with Crippen LogP contribution in [0.15, 0.2) is 60.7 Å². The molecule has 0 aromatic heterocycles. The summed E-state index contributed by atoms with van der Waals surface area (Å²) in [5.74, 6) is 13.2. The number of ether oxygens (including phenoxy) is 2. The number of hydrogen-bond donors (Lipinski definition) is 0. The summed E-state index contributed by atoms with van der Waals surface area (Å²) >= 11 is 0. The lowest BCUT2D eigenvalue weighted by atomic mass is 10.2. The molecule has 2 heteroatoms. The molecule has 0 saturated carbocycles. The highest BCUT2D eigenvalue weighted by atomic mass is 16.5. The van der Waals surface area contributed by atoms with E-state index in [-0.39, 0.29) is 0 Å². The molecule has 0 aliphatic carbocycles. The number of hydrogen-bond acceptors (Lipinski definition) is 2. The molecule has 0 heterocycles. The minimum atomic E-state index is 0.358. The minimum Gasteiger partial charge on any atom is -0.481 e. The van der Waals surface area contributed by atoms with Gasteiger partial charge in [0.1, 0.15) is 24.7 Å². The van der Waals surface area contributed by atoms with Gasteiger partial charge in [0, 0.05) is 0 Å². The maximum atomic E-state index is 5.50. The topological polar surface area (TPSA) is 18.5 Å². The van der Waals surface area contributed by atoms with Gasteiger partial charge in [-0.15, -0.1) is 0 Å². The Hall–Kier alpha value is -3.10. The van der Waals surface area contributed by atoms with Gasteiger partial charge >= 0.3 is 0 Å². The van der Waals surface area contributed by atoms with Crippen molar-refractivity contribution < 1.29 is 9.47 Å². The molecule has 0 amide bonds. The number of rotatable bonds is 4. The van der Waals surface area contributed by atoms with Crippen molar-refractivity contribution in [2.75, 3.05) is 13.2 Å². The third-order valence-corrected chi connectivity index (χ3v) is 3.12. The van der Waals surface area contributed by atoms with E-state index in [4.69, 9.17) is 9.47 Å². The Morgan fingerprint density at radius 3 is 1.42 bits per heavy atom. The predicted molar refractivity (Wildman–Crippen MR) is 98.0 cm³/mol. The van der Waals surface area contributed by atoms with Gasteiger partial charge in [0.2, 0.25) is 0 Å². The van der Waals surface area contributed by atoms with Crippen molar-refractivity contribution in [3.05, 3.63) is 71.8 Å². The first-order valence-corrected chi connectivity index (χ1v) is 7.75. The van der Waals surface area contributed by atoms with E-state index >= 15 is 0 Å². The first kappa shape index (κ1) is 17.3. The van der Waals surface area contributed by atoms with Crippen molar-refractivity contribution in [3.63, 3.8) is 0 Å². The van der Waals surface area contributed by atoms with E-state index in [1.807, 2.05) is 62.4 Å². The van der Waals surface area contributed by atoms with Crippen molar-refractivity contribution in [3.8, 4) is 35.2 Å². The Labute approximate surface area is 144 Å². The molecule has 2 rings (SSSR count). The van der Waals surface area contributed by atoms with Gasteiger partial charge in [-0.1, -0.05) is 59.1 Å². The van der Waals surface area contributed by atoms with Crippen LogP contribution in [-0.2, 0) is 0 Å². The molecule has 0 atom stereocenters. The second-order valence-electron chi connectivity index (χ2n) is 5.18. The maximum absolute atomic E-state index is 5.50. The van der Waals surface area contributed by atoms with Crippen LogP contribution in [0.4, 0.5) is 0 Å². The van der Waals surface area contributed by atoms with Crippen molar-refractivity contribution in [1.82, 2.24) is 0 Å². The minimum absolute atomic E-state index is 0.358. The van der Waals surface area contributed by atoms with E-state index < -0.39 is 0 Å². The molecule has 2 aromatic rings. The molecule has 0 bridgehead atoms. The van der Waals surface area contributed by atoms with Gasteiger partial charge < -0.3 is 9.47 Å². The quantitative estimate of drug-likeness (QED) is 0.782. The molecule has 0 fully saturated rings. The van der Waals surface area contributed by atoms with Gasteiger partial charge in [-0.25, -0.2) is 0 Å². The Kier molecular flexibility index (Phi) is 7.06. The summed E-state index contributed by atoms with van der Waals surface area (Å²) < 4.78 is 11.0. The fourth-order valence-electron chi connectivity index (χ4n) is 1.79. The highest BCUT2D eigenvalue weighted by Crippen LogP contribution is 2.11. The molecular weight excluding hydrogens is 296 g/mol. The largest absolute Gasteiger partial charge is 0.481 e. The Morgan fingerprint density at radius 1 is 0.667 bits per heavy atom. The molecular formula is C22H20O2. The normalized spacial score (nSPS) is 9.58. The van der Waals surface area contributed by atoms with E-state index in [1.54, 1.807) is 12.2 Å². The average Bonchev–Trinajstić information content (AvgIpc) is 2.60. The van der Waals surface area contributed by atoms with Crippen LogP contribution in [0.5, 0.6) is 11.5 Å². The number of aryl methyl sites for hydroxylation is 2. The van der Waals surface area contributed by atoms with E-state index in [0.717, 1.165) is 11.5 Å². The standard InChI is InChI=1S/C22H20O2/c1-19-9-13-21(14-10-19)23-17-7-5-3-4-6-8-18-24-22-15-11-20(2)12-16-22/h3-4,9-16H,17-18H2,1-2H3. The van der Waals surface area contributed by atoms with Crippen LogP contribution < -0.4 is 9.47 Å². The molecule has 0 N–H and O–H groups in total. The summed E-state index contributed by atoms with van der Waals surface area (Å²) in [5, 5.41) is 0. The molecule has 0 spiro atoms. The maximum Gasteiger partial charge on any atom is 0.149 e. The van der Waals surface area contributed by atoms with Gasteiger partial charge in [0.15, 0.2) is 0 Å². The van der Waals surface area contributed by atoms with Crippen molar-refractivity contribution in [1.29, 1.82) is 0 Å². The van der Waals surface area contributed by atoms with E-state index in [2.05, 4.69) is 23.7 Å². The van der Waals surface area contributed by atoms with Crippen molar-refractivity contribution in [2.24, 2.45) is 0 Å². The molecule has 24 heavy (non-hydrogen) atoms. The summed E-state index contributed by atoms with van der Waals surface area (Å²) in [6, 6.07) is 15.8. The van der Waals surface area contributed by atoms with Crippen LogP contribution in [-0.4, -0.2) is 13.2 Å². The zero-order valence-electron chi connectivity index (χ0n) is 14.0. The van der Waals surface area contributed by atoms with Gasteiger partial charge in [-0.2, -0.15) is 0 Å². The lowest BCUT2D eigenvalue weighted by molar-refractivity contribution is 0.370. The first-order valence-electron chi connectivity index (χ1n) is 7.75. The Bertz CT molecular complexity index is 707. The van der Waals surface area contributed by atoms with Gasteiger partial charge in [-0.05, 0) is 50.3 Å². The number of benzene rings is 2. The lowest BCUT2D eigenvalue weighted by Gasteiger charge is -2.01. The summed E-state index contributed by atoms with van der Waals surface area (Å²) in [5.41, 5.74) is 2.42. The SMILES string of the molecule is Cc1ccc(OCC#CC=CC#CCOc2ccc(C)cc2)cc1. The number of allylic oxidation sites excluding steroid dienone is 2. The van der Waals surface area contributed by atoms with E-state index in [1.165, 1.54) is 11.1 Å². The molecule has 0 saturated heterocycles. The zero-order valence-corrected chi connectivity index (χ0v) is 14.0. The smallest absolute Gasteiger partial charge is 0.149 e. The Balaban J connectivity index is 1.64. The van der Waals surface area contributed by atoms with Crippen molar-refractivity contribution in [2.45, 2.75) is 13.8 Å². The van der Waals surface area contributed by atoms with E-state index in [0.29, 0.717) is 13.2 Å². The van der Waals surface area contributed by atoms with E-state index in [9.17, 15) is 0 Å². The highest BCUT2D eigenvalue weighted by molar-refractivity contribution is 5.29. The van der Waals surface area contributed by atoms with Crippen LogP contribution in [0.2, 0.25) is 0 Å². The molecule has 2 nitrogen and oxygen atoms in total. The van der Waals surface area contributed by atoms with Gasteiger partial charge in [0.25, 0.3) is 0 Å². The van der Waals surface area contributed by atoms with Crippen LogP contribution in [0.3, 0.4) is 0 Å². The third-order valence-electron chi connectivity index (χ3n) is 3.12. The first-order chi connectivity index (χ1) is 11.7. The Morgan fingerprint density at radius 2 is 1.04 bits per heavy atom. The molecule has 2 aromatic carbocycles. The second kappa shape index (κ2) is 9.82. The van der Waals surface area contributed by atoms with Gasteiger partial charge in [-0.3, -0.25) is 0 Å². The van der Waals surface area contributed by atoms with Crippen LogP contribution in [0.1, 0.15) is 11.1 Å². The summed E-state index contributed by atoms with van der Waals surface area (Å²) in [6.07, 6.45) is 3.41. The van der Waals surface area contributed by atoms with Gasteiger partial charge in [0.05, 0.1) is 0 Å². The highest BCUT2D eigenvalue weighted by Gasteiger charge is 1.90.